The maximum atomic E-state index is 3.46. The van der Waals surface area contributed by atoms with E-state index in [2.05, 4.69) is 74.6 Å². The standard InChI is InChI=1S/C18H23NS/c1-14(2)19-12-16-8-6-10-18(11-16)20-13-17-9-5-4-7-15(17)3/h4-11,14,19H,12-13H2,1-3H3. The Labute approximate surface area is 126 Å². The van der Waals surface area contributed by atoms with E-state index in [4.69, 9.17) is 0 Å². The van der Waals surface area contributed by atoms with Crippen molar-refractivity contribution in [1.82, 2.24) is 5.32 Å². The molecule has 0 unspecified atom stereocenters. The first-order chi connectivity index (χ1) is 9.65. The predicted octanol–water partition coefficient (Wildman–Crippen LogP) is 4.79. The van der Waals surface area contributed by atoms with Gasteiger partial charge >= 0.3 is 0 Å². The molecule has 0 atom stereocenters. The highest BCUT2D eigenvalue weighted by Crippen LogP contribution is 2.25. The molecule has 0 aliphatic rings. The Morgan fingerprint density at radius 3 is 2.60 bits per heavy atom. The molecule has 2 rings (SSSR count). The topological polar surface area (TPSA) is 12.0 Å². The highest BCUT2D eigenvalue weighted by atomic mass is 32.2. The van der Waals surface area contributed by atoms with E-state index >= 15 is 0 Å². The summed E-state index contributed by atoms with van der Waals surface area (Å²) in [7, 11) is 0. The molecule has 20 heavy (non-hydrogen) atoms. The summed E-state index contributed by atoms with van der Waals surface area (Å²) >= 11 is 1.91. The van der Waals surface area contributed by atoms with E-state index in [1.807, 2.05) is 11.8 Å². The van der Waals surface area contributed by atoms with Gasteiger partial charge in [-0.25, -0.2) is 0 Å². The van der Waals surface area contributed by atoms with E-state index < -0.39 is 0 Å². The zero-order valence-corrected chi connectivity index (χ0v) is 13.3. The maximum absolute atomic E-state index is 3.46. The van der Waals surface area contributed by atoms with Crippen LogP contribution in [0.1, 0.15) is 30.5 Å². The maximum Gasteiger partial charge on any atom is 0.0234 e. The van der Waals surface area contributed by atoms with Crippen LogP contribution in [0.25, 0.3) is 0 Å². The largest absolute Gasteiger partial charge is 0.310 e. The molecule has 0 saturated heterocycles. The number of aryl methyl sites for hydroxylation is 1. The molecular weight excluding hydrogens is 262 g/mol. The molecule has 2 heteroatoms. The summed E-state index contributed by atoms with van der Waals surface area (Å²) in [6.45, 7) is 7.48. The van der Waals surface area contributed by atoms with Crippen molar-refractivity contribution < 1.29 is 0 Å². The van der Waals surface area contributed by atoms with E-state index in [1.54, 1.807) is 0 Å². The highest BCUT2D eigenvalue weighted by Gasteiger charge is 2.01. The van der Waals surface area contributed by atoms with Gasteiger partial charge in [0.2, 0.25) is 0 Å². The first-order valence-corrected chi connectivity index (χ1v) is 8.13. The summed E-state index contributed by atoms with van der Waals surface area (Å²) in [4.78, 5) is 1.34. The molecule has 0 bridgehead atoms. The SMILES string of the molecule is Cc1ccccc1CSc1cccc(CNC(C)C)c1. The van der Waals surface area contributed by atoms with Gasteiger partial charge in [-0.3, -0.25) is 0 Å². The summed E-state index contributed by atoms with van der Waals surface area (Å²) in [5.74, 6) is 1.04. The zero-order chi connectivity index (χ0) is 14.4. The van der Waals surface area contributed by atoms with Crippen molar-refractivity contribution in [2.45, 2.75) is 44.0 Å². The van der Waals surface area contributed by atoms with Gasteiger partial charge in [0.25, 0.3) is 0 Å². The van der Waals surface area contributed by atoms with Gasteiger partial charge in [0.15, 0.2) is 0 Å². The number of rotatable bonds is 6. The Balaban J connectivity index is 1.96. The Morgan fingerprint density at radius 1 is 1.05 bits per heavy atom. The zero-order valence-electron chi connectivity index (χ0n) is 12.5. The fourth-order valence-corrected chi connectivity index (χ4v) is 3.06. The van der Waals surface area contributed by atoms with Crippen molar-refractivity contribution in [2.24, 2.45) is 0 Å². The summed E-state index contributed by atoms with van der Waals surface area (Å²) in [5, 5.41) is 3.46. The smallest absolute Gasteiger partial charge is 0.0234 e. The molecule has 0 heterocycles. The van der Waals surface area contributed by atoms with Crippen LogP contribution in [0.15, 0.2) is 53.4 Å². The number of nitrogens with one attached hydrogen (secondary N) is 1. The van der Waals surface area contributed by atoms with Gasteiger partial charge in [-0.15, -0.1) is 11.8 Å². The van der Waals surface area contributed by atoms with Gasteiger partial charge in [-0.2, -0.15) is 0 Å². The molecule has 2 aromatic rings. The van der Waals surface area contributed by atoms with Crippen LogP contribution >= 0.6 is 11.8 Å². The number of benzene rings is 2. The molecule has 1 N–H and O–H groups in total. The lowest BCUT2D eigenvalue weighted by Gasteiger charge is -2.10. The molecule has 0 saturated carbocycles. The van der Waals surface area contributed by atoms with Crippen molar-refractivity contribution >= 4 is 11.8 Å². The van der Waals surface area contributed by atoms with Crippen LogP contribution in [-0.2, 0) is 12.3 Å². The Hall–Kier alpha value is -1.25. The van der Waals surface area contributed by atoms with Crippen molar-refractivity contribution in [3.63, 3.8) is 0 Å². The predicted molar refractivity (Wildman–Crippen MR) is 89.2 cm³/mol. The second-order valence-electron chi connectivity index (χ2n) is 5.40. The first-order valence-electron chi connectivity index (χ1n) is 7.15. The van der Waals surface area contributed by atoms with E-state index in [0.29, 0.717) is 6.04 Å². The van der Waals surface area contributed by atoms with Crippen LogP contribution in [0.3, 0.4) is 0 Å². The Bertz CT molecular complexity index is 549. The molecule has 0 fully saturated rings. The summed E-state index contributed by atoms with van der Waals surface area (Å²) < 4.78 is 0. The fraction of sp³-hybridized carbons (Fsp3) is 0.333. The lowest BCUT2D eigenvalue weighted by Crippen LogP contribution is -2.21. The third-order valence-electron chi connectivity index (χ3n) is 3.27. The minimum atomic E-state index is 0.526. The summed E-state index contributed by atoms with van der Waals surface area (Å²) in [5.41, 5.74) is 4.15. The molecule has 0 spiro atoms. The fourth-order valence-electron chi connectivity index (χ4n) is 2.00. The molecule has 0 aliphatic carbocycles. The molecular formula is C18H23NS. The minimum absolute atomic E-state index is 0.526. The Morgan fingerprint density at radius 2 is 1.85 bits per heavy atom. The van der Waals surface area contributed by atoms with Crippen molar-refractivity contribution in [3.8, 4) is 0 Å². The van der Waals surface area contributed by atoms with Gasteiger partial charge in [0.1, 0.15) is 0 Å². The van der Waals surface area contributed by atoms with Gasteiger partial charge in [0.05, 0.1) is 0 Å². The third kappa shape index (κ3) is 4.69. The lowest BCUT2D eigenvalue weighted by molar-refractivity contribution is 0.588. The van der Waals surface area contributed by atoms with Crippen LogP contribution in [-0.4, -0.2) is 6.04 Å². The summed E-state index contributed by atoms with van der Waals surface area (Å²) in [6.07, 6.45) is 0. The molecule has 1 nitrogen and oxygen atoms in total. The van der Waals surface area contributed by atoms with Crippen LogP contribution in [0.2, 0.25) is 0 Å². The van der Waals surface area contributed by atoms with Gasteiger partial charge in [-0.1, -0.05) is 50.2 Å². The Kier molecular flexibility index (Phi) is 5.69. The molecule has 0 aromatic heterocycles. The molecule has 106 valence electrons. The second kappa shape index (κ2) is 7.51. The van der Waals surface area contributed by atoms with E-state index in [0.717, 1.165) is 12.3 Å². The molecule has 0 radical (unpaired) electrons. The van der Waals surface area contributed by atoms with E-state index in [1.165, 1.54) is 21.6 Å². The van der Waals surface area contributed by atoms with E-state index in [9.17, 15) is 0 Å². The van der Waals surface area contributed by atoms with Crippen molar-refractivity contribution in [2.75, 3.05) is 0 Å². The number of hydrogen-bond acceptors (Lipinski definition) is 2. The van der Waals surface area contributed by atoms with Gasteiger partial charge < -0.3 is 5.32 Å². The van der Waals surface area contributed by atoms with Crippen LogP contribution in [0.5, 0.6) is 0 Å². The quantitative estimate of drug-likeness (QED) is 0.766. The van der Waals surface area contributed by atoms with Crippen LogP contribution < -0.4 is 5.32 Å². The normalized spacial score (nSPS) is 11.0. The lowest BCUT2D eigenvalue weighted by atomic mass is 10.1. The molecule has 2 aromatic carbocycles. The highest BCUT2D eigenvalue weighted by molar-refractivity contribution is 7.98. The van der Waals surface area contributed by atoms with Gasteiger partial charge in [-0.05, 0) is 35.7 Å². The number of hydrogen-bond donors (Lipinski definition) is 1. The first kappa shape index (κ1) is 15.1. The second-order valence-corrected chi connectivity index (χ2v) is 6.45. The third-order valence-corrected chi connectivity index (χ3v) is 4.31. The molecule has 0 amide bonds. The molecule has 0 aliphatic heterocycles. The van der Waals surface area contributed by atoms with Crippen molar-refractivity contribution in [3.05, 3.63) is 65.2 Å². The average Bonchev–Trinajstić information content (AvgIpc) is 2.45. The van der Waals surface area contributed by atoms with E-state index in [-0.39, 0.29) is 0 Å². The van der Waals surface area contributed by atoms with Crippen molar-refractivity contribution in [1.29, 1.82) is 0 Å². The summed E-state index contributed by atoms with van der Waals surface area (Å²) in [6, 6.07) is 18.0. The number of thioether (sulfide) groups is 1. The minimum Gasteiger partial charge on any atom is -0.310 e. The monoisotopic (exact) mass is 285 g/mol. The average molecular weight is 285 g/mol. The van der Waals surface area contributed by atoms with Crippen LogP contribution in [0, 0.1) is 6.92 Å². The van der Waals surface area contributed by atoms with Gasteiger partial charge in [0, 0.05) is 23.2 Å². The van der Waals surface area contributed by atoms with Crippen LogP contribution in [0.4, 0.5) is 0 Å².